The van der Waals surface area contributed by atoms with Gasteiger partial charge in [-0.25, -0.2) is 4.39 Å². The number of benzene rings is 1. The number of halogens is 1. The maximum Gasteiger partial charge on any atom is 0.230 e. The first-order valence-electron chi connectivity index (χ1n) is 9.84. The number of aliphatic imine (C=N–C) groups is 1. The maximum atomic E-state index is 14.2. The number of nitrogens with one attached hydrogen (secondary N) is 2. The third-order valence-electron chi connectivity index (χ3n) is 6.13. The standard InChI is InChI=1S/C21H31FN4O/c1-23-19(25-15-21(10-6-7-11-21)18(27)26(2)3)24-14-20(12-13-20)16-8-4-5-9-17(16)22/h4-5,8-9H,6-7,10-15H2,1-3H3,(H2,23,24,25). The summed E-state index contributed by atoms with van der Waals surface area (Å²) in [5, 5.41) is 6.71. The number of hydrogen-bond donors (Lipinski definition) is 2. The Morgan fingerprint density at radius 2 is 1.74 bits per heavy atom. The monoisotopic (exact) mass is 374 g/mol. The fraction of sp³-hybridized carbons (Fsp3) is 0.619. The van der Waals surface area contributed by atoms with Crippen LogP contribution in [0.2, 0.25) is 0 Å². The van der Waals surface area contributed by atoms with Gasteiger partial charge in [-0.3, -0.25) is 9.79 Å². The lowest BCUT2D eigenvalue weighted by molar-refractivity contribution is -0.138. The smallest absolute Gasteiger partial charge is 0.230 e. The minimum Gasteiger partial charge on any atom is -0.356 e. The minimum absolute atomic E-state index is 0.138. The molecule has 148 valence electrons. The number of nitrogens with zero attached hydrogens (tertiary/aromatic N) is 2. The predicted molar refractivity (Wildman–Crippen MR) is 106 cm³/mol. The molecule has 27 heavy (non-hydrogen) atoms. The van der Waals surface area contributed by atoms with Crippen molar-refractivity contribution in [2.24, 2.45) is 10.4 Å². The second kappa shape index (κ2) is 7.87. The Balaban J connectivity index is 1.60. The number of amides is 1. The van der Waals surface area contributed by atoms with Gasteiger partial charge in [0.15, 0.2) is 5.96 Å². The summed E-state index contributed by atoms with van der Waals surface area (Å²) in [6.45, 7) is 1.22. The third kappa shape index (κ3) is 4.09. The summed E-state index contributed by atoms with van der Waals surface area (Å²) in [7, 11) is 5.37. The van der Waals surface area contributed by atoms with Crippen LogP contribution >= 0.6 is 0 Å². The second-order valence-corrected chi connectivity index (χ2v) is 8.23. The van der Waals surface area contributed by atoms with Crippen LogP contribution in [-0.2, 0) is 10.2 Å². The van der Waals surface area contributed by atoms with Crippen LogP contribution in [0, 0.1) is 11.2 Å². The van der Waals surface area contributed by atoms with Gasteiger partial charge in [0.2, 0.25) is 5.91 Å². The maximum absolute atomic E-state index is 14.2. The molecule has 1 aromatic carbocycles. The number of carbonyl (C=O) groups is 1. The van der Waals surface area contributed by atoms with Crippen LogP contribution in [0.3, 0.4) is 0 Å². The van der Waals surface area contributed by atoms with Crippen molar-refractivity contribution < 1.29 is 9.18 Å². The van der Waals surface area contributed by atoms with Crippen LogP contribution in [0.1, 0.15) is 44.1 Å². The molecule has 0 atom stereocenters. The molecule has 5 nitrogen and oxygen atoms in total. The lowest BCUT2D eigenvalue weighted by Gasteiger charge is -2.31. The van der Waals surface area contributed by atoms with Crippen molar-refractivity contribution in [1.29, 1.82) is 0 Å². The topological polar surface area (TPSA) is 56.7 Å². The molecule has 0 radical (unpaired) electrons. The summed E-state index contributed by atoms with van der Waals surface area (Å²) in [5.41, 5.74) is 0.292. The van der Waals surface area contributed by atoms with Crippen molar-refractivity contribution in [3.63, 3.8) is 0 Å². The highest BCUT2D eigenvalue weighted by Gasteiger charge is 2.46. The minimum atomic E-state index is -0.343. The molecular weight excluding hydrogens is 343 g/mol. The molecule has 2 aliphatic carbocycles. The van der Waals surface area contributed by atoms with E-state index in [0.29, 0.717) is 19.0 Å². The van der Waals surface area contributed by atoms with E-state index in [1.807, 2.05) is 26.2 Å². The first kappa shape index (κ1) is 19.6. The summed E-state index contributed by atoms with van der Waals surface area (Å²) in [5.74, 6) is 0.727. The van der Waals surface area contributed by atoms with Crippen molar-refractivity contribution in [2.45, 2.75) is 43.9 Å². The fourth-order valence-corrected chi connectivity index (χ4v) is 4.30. The summed E-state index contributed by atoms with van der Waals surface area (Å²) < 4.78 is 14.2. The summed E-state index contributed by atoms with van der Waals surface area (Å²) in [6, 6.07) is 7.02. The van der Waals surface area contributed by atoms with Crippen LogP contribution in [-0.4, -0.2) is 51.0 Å². The first-order valence-corrected chi connectivity index (χ1v) is 9.84. The molecule has 0 heterocycles. The number of guanidine groups is 1. The summed E-state index contributed by atoms with van der Waals surface area (Å²) in [6.07, 6.45) is 5.94. The highest BCUT2D eigenvalue weighted by Crippen LogP contribution is 2.48. The van der Waals surface area contributed by atoms with E-state index in [9.17, 15) is 9.18 Å². The Morgan fingerprint density at radius 3 is 2.30 bits per heavy atom. The largest absolute Gasteiger partial charge is 0.356 e. The molecular formula is C21H31FN4O. The van der Waals surface area contributed by atoms with E-state index < -0.39 is 0 Å². The molecule has 2 fully saturated rings. The van der Waals surface area contributed by atoms with Crippen LogP contribution in [0.15, 0.2) is 29.3 Å². The predicted octanol–water partition coefficient (Wildman–Crippen LogP) is 2.67. The molecule has 0 saturated heterocycles. The van der Waals surface area contributed by atoms with Gasteiger partial charge in [0, 0.05) is 39.6 Å². The van der Waals surface area contributed by atoms with Gasteiger partial charge in [0.25, 0.3) is 0 Å². The summed E-state index contributed by atoms with van der Waals surface area (Å²) >= 11 is 0. The normalized spacial score (nSPS) is 20.2. The van der Waals surface area contributed by atoms with Gasteiger partial charge in [0.1, 0.15) is 5.82 Å². The molecule has 3 rings (SSSR count). The van der Waals surface area contributed by atoms with Crippen LogP contribution < -0.4 is 10.6 Å². The van der Waals surface area contributed by atoms with Crippen LogP contribution in [0.25, 0.3) is 0 Å². The van der Waals surface area contributed by atoms with Gasteiger partial charge in [-0.05, 0) is 37.3 Å². The molecule has 2 aliphatic rings. The zero-order valence-corrected chi connectivity index (χ0v) is 16.6. The van der Waals surface area contributed by atoms with E-state index in [2.05, 4.69) is 15.6 Å². The quantitative estimate of drug-likeness (QED) is 0.595. The van der Waals surface area contributed by atoms with Gasteiger partial charge in [-0.2, -0.15) is 0 Å². The Bertz CT molecular complexity index is 706. The van der Waals surface area contributed by atoms with Crippen molar-refractivity contribution in [3.8, 4) is 0 Å². The van der Waals surface area contributed by atoms with Crippen molar-refractivity contribution in [2.75, 3.05) is 34.2 Å². The Labute approximate surface area is 161 Å². The third-order valence-corrected chi connectivity index (χ3v) is 6.13. The number of hydrogen-bond acceptors (Lipinski definition) is 2. The van der Waals surface area contributed by atoms with E-state index >= 15 is 0 Å². The van der Waals surface area contributed by atoms with Gasteiger partial charge in [0.05, 0.1) is 5.41 Å². The SMILES string of the molecule is CN=C(NCC1(C(=O)N(C)C)CCCC1)NCC1(c2ccccc2F)CC1. The van der Waals surface area contributed by atoms with Gasteiger partial charge in [-0.15, -0.1) is 0 Å². The van der Waals surface area contributed by atoms with Gasteiger partial charge in [-0.1, -0.05) is 31.0 Å². The Kier molecular flexibility index (Phi) is 5.72. The van der Waals surface area contributed by atoms with Crippen molar-refractivity contribution in [3.05, 3.63) is 35.6 Å². The fourth-order valence-electron chi connectivity index (χ4n) is 4.30. The molecule has 0 unspecified atom stereocenters. The lowest BCUT2D eigenvalue weighted by atomic mass is 9.84. The highest BCUT2D eigenvalue weighted by molar-refractivity contribution is 5.85. The van der Waals surface area contributed by atoms with Crippen LogP contribution in [0.4, 0.5) is 4.39 Å². The lowest BCUT2D eigenvalue weighted by Crippen LogP contribution is -2.50. The van der Waals surface area contributed by atoms with E-state index in [-0.39, 0.29) is 22.6 Å². The first-order chi connectivity index (χ1) is 12.9. The number of carbonyl (C=O) groups excluding carboxylic acids is 1. The van der Waals surface area contributed by atoms with Gasteiger partial charge >= 0.3 is 0 Å². The average Bonchev–Trinajstić information content (AvgIpc) is 3.29. The zero-order chi connectivity index (χ0) is 19.5. The van der Waals surface area contributed by atoms with Gasteiger partial charge < -0.3 is 15.5 Å². The molecule has 2 saturated carbocycles. The Hall–Kier alpha value is -2.11. The van der Waals surface area contributed by atoms with Crippen molar-refractivity contribution in [1.82, 2.24) is 15.5 Å². The molecule has 6 heteroatoms. The van der Waals surface area contributed by atoms with E-state index in [1.165, 1.54) is 6.07 Å². The van der Waals surface area contributed by atoms with E-state index in [0.717, 1.165) is 44.1 Å². The highest BCUT2D eigenvalue weighted by atomic mass is 19.1. The van der Waals surface area contributed by atoms with E-state index in [4.69, 9.17) is 0 Å². The molecule has 0 bridgehead atoms. The molecule has 0 aromatic heterocycles. The average molecular weight is 375 g/mol. The summed E-state index contributed by atoms with van der Waals surface area (Å²) in [4.78, 5) is 18.7. The molecule has 1 aromatic rings. The van der Waals surface area contributed by atoms with E-state index in [1.54, 1.807) is 18.0 Å². The second-order valence-electron chi connectivity index (χ2n) is 8.23. The molecule has 1 amide bonds. The van der Waals surface area contributed by atoms with Crippen LogP contribution in [0.5, 0.6) is 0 Å². The number of rotatable bonds is 6. The zero-order valence-electron chi connectivity index (χ0n) is 16.6. The Morgan fingerprint density at radius 1 is 1.11 bits per heavy atom. The molecule has 0 aliphatic heterocycles. The van der Waals surface area contributed by atoms with Crippen molar-refractivity contribution >= 4 is 11.9 Å². The molecule has 0 spiro atoms. The molecule has 2 N–H and O–H groups in total.